The van der Waals surface area contributed by atoms with Crippen molar-refractivity contribution in [1.82, 2.24) is 14.7 Å². The van der Waals surface area contributed by atoms with Crippen molar-refractivity contribution in [3.05, 3.63) is 10.6 Å². The third-order valence-corrected chi connectivity index (χ3v) is 8.55. The number of carbonyl (C=O) groups is 2. The second-order valence-electron chi connectivity index (χ2n) is 9.00. The Bertz CT molecular complexity index is 691. The Morgan fingerprint density at radius 2 is 1.86 bits per heavy atom. The number of hydrogen-bond acceptors (Lipinski definition) is 6. The molecule has 0 radical (unpaired) electrons. The molecule has 1 amide bonds. The van der Waals surface area contributed by atoms with Crippen molar-refractivity contribution in [2.75, 3.05) is 39.3 Å². The Kier molecular flexibility index (Phi) is 6.25. The number of likely N-dealkylation sites (tertiary alicyclic amines) is 2. The van der Waals surface area contributed by atoms with Crippen LogP contribution in [0.25, 0.3) is 0 Å². The zero-order valence-corrected chi connectivity index (χ0v) is 18.2. The van der Waals surface area contributed by atoms with Gasteiger partial charge in [0.15, 0.2) is 0 Å². The Morgan fingerprint density at radius 3 is 2.52 bits per heavy atom. The Balaban J connectivity index is 1.37. The third-order valence-electron chi connectivity index (χ3n) is 7.02. The van der Waals surface area contributed by atoms with E-state index in [1.54, 1.807) is 18.7 Å². The normalized spacial score (nSPS) is 34.4. The number of aliphatic hydroxyl groups excluding tert-OH is 1. The highest BCUT2D eigenvalue weighted by atomic mass is 32.2. The number of rotatable bonds is 7. The number of β-lactam (4-membered cyclic amide) rings is 1. The predicted molar refractivity (Wildman–Crippen MR) is 112 cm³/mol. The summed E-state index contributed by atoms with van der Waals surface area (Å²) in [4.78, 5) is 31.7. The molecule has 0 spiro atoms. The second-order valence-corrected chi connectivity index (χ2v) is 10.3. The average Bonchev–Trinajstić information content (AvgIpc) is 3.22. The molecule has 4 aliphatic rings. The number of nitrogens with zero attached hydrogens (tertiary/aromatic N) is 3. The van der Waals surface area contributed by atoms with Gasteiger partial charge in [-0.3, -0.25) is 4.79 Å². The Morgan fingerprint density at radius 1 is 1.17 bits per heavy atom. The molecule has 4 rings (SSSR count). The van der Waals surface area contributed by atoms with Crippen molar-refractivity contribution in [3.63, 3.8) is 0 Å². The molecule has 5 atom stereocenters. The van der Waals surface area contributed by atoms with Gasteiger partial charge in [-0.25, -0.2) is 4.79 Å². The monoisotopic (exact) mass is 423 g/mol. The van der Waals surface area contributed by atoms with E-state index in [9.17, 15) is 19.8 Å². The second kappa shape index (κ2) is 8.57. The molecule has 7 nitrogen and oxygen atoms in total. The minimum atomic E-state index is -1.03. The average molecular weight is 424 g/mol. The van der Waals surface area contributed by atoms with Crippen molar-refractivity contribution in [1.29, 1.82) is 0 Å². The van der Waals surface area contributed by atoms with E-state index in [1.165, 1.54) is 37.3 Å². The number of aliphatic hydroxyl groups is 1. The summed E-state index contributed by atoms with van der Waals surface area (Å²) in [5.74, 6) is -1.80. The standard InChI is InChI=1S/C21H33N3O4S/c1-13-17-16(14(2)25)20(26)24(17)18(21(27)28)19(13)29-15-6-9-23(12-15)11-10-22-7-4-3-5-8-22/h13-17,25H,3-12H2,1-2H3,(H,27,28)/t13-,14-,15-,16-,17-/m1/s1. The van der Waals surface area contributed by atoms with Crippen molar-refractivity contribution in [2.24, 2.45) is 11.8 Å². The highest BCUT2D eigenvalue weighted by Gasteiger charge is 2.60. The molecule has 4 heterocycles. The summed E-state index contributed by atoms with van der Waals surface area (Å²) in [5, 5.41) is 20.1. The van der Waals surface area contributed by atoms with Crippen molar-refractivity contribution < 1.29 is 19.8 Å². The smallest absolute Gasteiger partial charge is 0.353 e. The zero-order valence-electron chi connectivity index (χ0n) is 17.4. The maximum atomic E-state index is 12.5. The van der Waals surface area contributed by atoms with Crippen LogP contribution in [0.15, 0.2) is 10.6 Å². The molecule has 0 bridgehead atoms. The van der Waals surface area contributed by atoms with Gasteiger partial charge in [-0.2, -0.15) is 0 Å². The van der Waals surface area contributed by atoms with Gasteiger partial charge in [0.2, 0.25) is 5.91 Å². The van der Waals surface area contributed by atoms with Gasteiger partial charge in [-0.1, -0.05) is 13.3 Å². The summed E-state index contributed by atoms with van der Waals surface area (Å²) in [6, 6.07) is -0.215. The van der Waals surface area contributed by atoms with Crippen LogP contribution < -0.4 is 0 Å². The van der Waals surface area contributed by atoms with E-state index in [-0.39, 0.29) is 23.6 Å². The Labute approximate surface area is 177 Å². The lowest BCUT2D eigenvalue weighted by atomic mass is 9.79. The maximum Gasteiger partial charge on any atom is 0.353 e. The van der Waals surface area contributed by atoms with Crippen LogP contribution in [0.4, 0.5) is 0 Å². The quantitative estimate of drug-likeness (QED) is 0.599. The lowest BCUT2D eigenvalue weighted by Gasteiger charge is -2.46. The number of amides is 1. The molecule has 0 unspecified atom stereocenters. The van der Waals surface area contributed by atoms with Gasteiger partial charge in [0.25, 0.3) is 0 Å². The summed E-state index contributed by atoms with van der Waals surface area (Å²) in [7, 11) is 0. The molecule has 0 aliphatic carbocycles. The zero-order chi connectivity index (χ0) is 20.7. The summed E-state index contributed by atoms with van der Waals surface area (Å²) in [5.41, 5.74) is 0.154. The molecule has 0 aromatic rings. The number of fused-ring (bicyclic) bond motifs is 1. The first-order valence-electron chi connectivity index (χ1n) is 11.0. The van der Waals surface area contributed by atoms with Gasteiger partial charge >= 0.3 is 5.97 Å². The van der Waals surface area contributed by atoms with E-state index < -0.39 is 18.0 Å². The van der Waals surface area contributed by atoms with Crippen LogP contribution >= 0.6 is 11.8 Å². The fourth-order valence-electron chi connectivity index (χ4n) is 5.42. The topological polar surface area (TPSA) is 84.3 Å². The van der Waals surface area contributed by atoms with Crippen LogP contribution in [-0.4, -0.2) is 93.5 Å². The molecule has 0 aromatic carbocycles. The van der Waals surface area contributed by atoms with Crippen LogP contribution in [0.3, 0.4) is 0 Å². The SMILES string of the molecule is C[C@@H](O)[C@H]1C(=O)N2C(C(=O)O)=C(S[C@@H]3CCN(CCN4CCCCC4)C3)[C@H](C)[C@H]12. The highest BCUT2D eigenvalue weighted by molar-refractivity contribution is 8.03. The van der Waals surface area contributed by atoms with Crippen molar-refractivity contribution in [3.8, 4) is 0 Å². The van der Waals surface area contributed by atoms with Gasteiger partial charge in [-0.05, 0) is 45.8 Å². The summed E-state index contributed by atoms with van der Waals surface area (Å²) in [6.45, 7) is 10.3. The fraction of sp³-hybridized carbons (Fsp3) is 0.810. The number of aliphatic carboxylic acids is 1. The lowest BCUT2D eigenvalue weighted by Crippen LogP contribution is -2.63. The number of carbonyl (C=O) groups excluding carboxylic acids is 1. The largest absolute Gasteiger partial charge is 0.477 e. The van der Waals surface area contributed by atoms with Crippen LogP contribution in [-0.2, 0) is 9.59 Å². The Hall–Kier alpha value is -1.09. The molecular weight excluding hydrogens is 390 g/mol. The van der Waals surface area contributed by atoms with Crippen LogP contribution in [0.5, 0.6) is 0 Å². The van der Waals surface area contributed by atoms with Crippen LogP contribution in [0.2, 0.25) is 0 Å². The molecule has 3 fully saturated rings. The fourth-order valence-corrected chi connectivity index (χ4v) is 6.94. The summed E-state index contributed by atoms with van der Waals surface area (Å²) in [6.07, 6.45) is 4.28. The number of piperidine rings is 1. The maximum absolute atomic E-state index is 12.5. The van der Waals surface area contributed by atoms with E-state index in [0.717, 1.165) is 37.5 Å². The van der Waals surface area contributed by atoms with E-state index >= 15 is 0 Å². The number of carboxylic acid groups (broad SMARTS) is 1. The number of hydrogen-bond donors (Lipinski definition) is 2. The van der Waals surface area contributed by atoms with E-state index in [1.807, 2.05) is 6.92 Å². The minimum Gasteiger partial charge on any atom is -0.477 e. The van der Waals surface area contributed by atoms with Crippen molar-refractivity contribution in [2.45, 2.75) is 56.9 Å². The number of carboxylic acids is 1. The molecule has 2 N–H and O–H groups in total. The predicted octanol–water partition coefficient (Wildman–Crippen LogP) is 1.43. The first-order valence-corrected chi connectivity index (χ1v) is 11.9. The highest BCUT2D eigenvalue weighted by Crippen LogP contribution is 2.51. The molecule has 29 heavy (non-hydrogen) atoms. The summed E-state index contributed by atoms with van der Waals surface area (Å²) < 4.78 is 0. The molecule has 162 valence electrons. The van der Waals surface area contributed by atoms with E-state index in [2.05, 4.69) is 9.80 Å². The first kappa shape index (κ1) is 21.2. The third kappa shape index (κ3) is 3.96. The molecule has 0 aromatic heterocycles. The van der Waals surface area contributed by atoms with E-state index in [0.29, 0.717) is 5.25 Å². The molecule has 0 saturated carbocycles. The summed E-state index contributed by atoms with van der Waals surface area (Å²) >= 11 is 1.66. The van der Waals surface area contributed by atoms with Gasteiger partial charge in [0, 0.05) is 35.7 Å². The lowest BCUT2D eigenvalue weighted by molar-refractivity contribution is -0.163. The van der Waals surface area contributed by atoms with Gasteiger partial charge in [0.1, 0.15) is 5.70 Å². The molecule has 8 heteroatoms. The minimum absolute atomic E-state index is 0.0363. The molecule has 3 saturated heterocycles. The van der Waals surface area contributed by atoms with E-state index in [4.69, 9.17) is 0 Å². The van der Waals surface area contributed by atoms with Gasteiger partial charge in [0.05, 0.1) is 18.1 Å². The molecule has 4 aliphatic heterocycles. The number of thioether (sulfide) groups is 1. The van der Waals surface area contributed by atoms with Crippen LogP contribution in [0, 0.1) is 11.8 Å². The van der Waals surface area contributed by atoms with Gasteiger partial charge in [-0.15, -0.1) is 11.8 Å². The first-order chi connectivity index (χ1) is 13.9. The van der Waals surface area contributed by atoms with Crippen LogP contribution in [0.1, 0.15) is 39.5 Å². The van der Waals surface area contributed by atoms with Gasteiger partial charge < -0.3 is 24.9 Å². The van der Waals surface area contributed by atoms with Crippen molar-refractivity contribution >= 4 is 23.6 Å². The molecular formula is C21H33N3O4S.